The Kier molecular flexibility index (Phi) is 3.42. The maximum absolute atomic E-state index is 12.5. The zero-order valence-electron chi connectivity index (χ0n) is 11.2. The maximum atomic E-state index is 12.5. The van der Waals surface area contributed by atoms with Gasteiger partial charge >= 0.3 is 5.63 Å². The molecule has 0 radical (unpaired) electrons. The van der Waals surface area contributed by atoms with Gasteiger partial charge < -0.3 is 14.6 Å². The largest absolute Gasteiger partial charge is 0.422 e. The molecule has 0 aliphatic carbocycles. The number of benzene rings is 1. The highest BCUT2D eigenvalue weighted by molar-refractivity contribution is 5.97. The fourth-order valence-electron chi connectivity index (χ4n) is 2.43. The van der Waals surface area contributed by atoms with Gasteiger partial charge in [0.05, 0.1) is 6.07 Å². The van der Waals surface area contributed by atoms with E-state index >= 15 is 0 Å². The number of fused-ring (bicyclic) bond motifs is 1. The lowest BCUT2D eigenvalue weighted by molar-refractivity contribution is 0.0683. The van der Waals surface area contributed by atoms with E-state index in [9.17, 15) is 9.59 Å². The number of nitrogens with one attached hydrogen (secondary N) is 1. The molecule has 1 N–H and O–H groups in total. The summed E-state index contributed by atoms with van der Waals surface area (Å²) in [5.74, 6) is -0.456. The van der Waals surface area contributed by atoms with Gasteiger partial charge in [0.25, 0.3) is 5.91 Å². The first kappa shape index (κ1) is 13.3. The molecule has 1 amide bonds. The quantitative estimate of drug-likeness (QED) is 0.780. The summed E-state index contributed by atoms with van der Waals surface area (Å²) in [5.41, 5.74) is -0.263. The number of carbonyl (C=O) groups excluding carboxylic acids is 1. The van der Waals surface area contributed by atoms with E-state index in [4.69, 9.17) is 9.68 Å². The monoisotopic (exact) mass is 283 g/mol. The third-order valence-electron chi connectivity index (χ3n) is 3.53. The van der Waals surface area contributed by atoms with Crippen LogP contribution in [0.2, 0.25) is 0 Å². The van der Waals surface area contributed by atoms with E-state index in [-0.39, 0.29) is 5.56 Å². The summed E-state index contributed by atoms with van der Waals surface area (Å²) in [6.45, 7) is 1.40. The van der Waals surface area contributed by atoms with Gasteiger partial charge in [0.15, 0.2) is 0 Å². The highest BCUT2D eigenvalue weighted by atomic mass is 16.4. The molecule has 1 atom stereocenters. The van der Waals surface area contributed by atoms with Gasteiger partial charge in [-0.2, -0.15) is 5.26 Å². The molecule has 1 unspecified atom stereocenters. The number of carbonyl (C=O) groups is 1. The highest BCUT2D eigenvalue weighted by Crippen LogP contribution is 2.15. The molecule has 1 fully saturated rings. The van der Waals surface area contributed by atoms with Gasteiger partial charge in [0.1, 0.15) is 17.2 Å². The van der Waals surface area contributed by atoms with E-state index in [0.717, 1.165) is 0 Å². The van der Waals surface area contributed by atoms with Crippen LogP contribution in [0.5, 0.6) is 0 Å². The van der Waals surface area contributed by atoms with Crippen LogP contribution in [0.4, 0.5) is 0 Å². The Morgan fingerprint density at radius 3 is 3.05 bits per heavy atom. The molecule has 0 saturated carbocycles. The van der Waals surface area contributed by atoms with Crippen molar-refractivity contribution in [1.29, 1.82) is 5.26 Å². The van der Waals surface area contributed by atoms with Crippen molar-refractivity contribution < 1.29 is 9.21 Å². The van der Waals surface area contributed by atoms with E-state index in [1.807, 2.05) is 0 Å². The number of hydrogen-bond donors (Lipinski definition) is 1. The minimum absolute atomic E-state index is 0.0316. The van der Waals surface area contributed by atoms with E-state index in [1.165, 1.54) is 11.0 Å². The van der Waals surface area contributed by atoms with Crippen molar-refractivity contribution in [3.05, 3.63) is 46.3 Å². The van der Waals surface area contributed by atoms with Gasteiger partial charge in [-0.15, -0.1) is 0 Å². The number of nitriles is 1. The van der Waals surface area contributed by atoms with Crippen molar-refractivity contribution >= 4 is 16.9 Å². The summed E-state index contributed by atoms with van der Waals surface area (Å²) >= 11 is 0. The number of hydrogen-bond acceptors (Lipinski definition) is 5. The van der Waals surface area contributed by atoms with Gasteiger partial charge in [0, 0.05) is 25.0 Å². The fourth-order valence-corrected chi connectivity index (χ4v) is 2.43. The third-order valence-corrected chi connectivity index (χ3v) is 3.53. The van der Waals surface area contributed by atoms with Crippen molar-refractivity contribution in [2.24, 2.45) is 0 Å². The normalized spacial score (nSPS) is 18.4. The molecule has 1 aromatic carbocycles. The van der Waals surface area contributed by atoms with E-state index in [0.29, 0.717) is 30.6 Å². The Labute approximate surface area is 120 Å². The summed E-state index contributed by atoms with van der Waals surface area (Å²) in [6.07, 6.45) is 0. The van der Waals surface area contributed by atoms with Crippen LogP contribution in [0.25, 0.3) is 11.0 Å². The molecular weight excluding hydrogens is 270 g/mol. The number of amides is 1. The molecular formula is C15H13N3O3. The van der Waals surface area contributed by atoms with Crippen LogP contribution in [-0.2, 0) is 0 Å². The standard InChI is InChI=1S/C15H13N3O3/c16-8-11-9-17-5-6-18(11)14(19)12-7-10-3-1-2-4-13(10)21-15(12)20/h1-4,7,11,17H,5-6,9H2. The molecule has 2 aromatic rings. The summed E-state index contributed by atoms with van der Waals surface area (Å²) in [4.78, 5) is 25.9. The van der Waals surface area contributed by atoms with Crippen LogP contribution in [0, 0.1) is 11.3 Å². The number of nitrogens with zero attached hydrogens (tertiary/aromatic N) is 2. The topological polar surface area (TPSA) is 86.3 Å². The minimum atomic E-state index is -0.672. The van der Waals surface area contributed by atoms with Crippen LogP contribution in [0.3, 0.4) is 0 Å². The highest BCUT2D eigenvalue weighted by Gasteiger charge is 2.29. The lowest BCUT2D eigenvalue weighted by Gasteiger charge is -2.31. The van der Waals surface area contributed by atoms with Gasteiger partial charge in [-0.3, -0.25) is 4.79 Å². The lowest BCUT2D eigenvalue weighted by Crippen LogP contribution is -2.53. The van der Waals surface area contributed by atoms with Crippen molar-refractivity contribution in [2.45, 2.75) is 6.04 Å². The first-order chi connectivity index (χ1) is 10.2. The molecule has 1 aliphatic heterocycles. The summed E-state index contributed by atoms with van der Waals surface area (Å²) < 4.78 is 5.17. The molecule has 1 saturated heterocycles. The first-order valence-corrected chi connectivity index (χ1v) is 6.65. The average molecular weight is 283 g/mol. The average Bonchev–Trinajstić information content (AvgIpc) is 2.53. The van der Waals surface area contributed by atoms with Crippen molar-refractivity contribution in [1.82, 2.24) is 10.2 Å². The van der Waals surface area contributed by atoms with Gasteiger partial charge in [-0.1, -0.05) is 18.2 Å². The third kappa shape index (κ3) is 2.39. The smallest absolute Gasteiger partial charge is 0.349 e. The first-order valence-electron chi connectivity index (χ1n) is 6.65. The Hall–Kier alpha value is -2.65. The van der Waals surface area contributed by atoms with Crippen LogP contribution in [-0.4, -0.2) is 36.5 Å². The molecule has 1 aliphatic rings. The minimum Gasteiger partial charge on any atom is -0.422 e. The summed E-state index contributed by atoms with van der Waals surface area (Å²) in [5, 5.41) is 12.8. The Bertz CT molecular complexity index is 791. The summed E-state index contributed by atoms with van der Waals surface area (Å²) in [7, 11) is 0. The molecule has 106 valence electrons. The number of piperazine rings is 1. The van der Waals surface area contributed by atoms with Crippen molar-refractivity contribution in [3.63, 3.8) is 0 Å². The molecule has 2 heterocycles. The summed E-state index contributed by atoms with van der Waals surface area (Å²) in [6, 6.07) is 10.0. The van der Waals surface area contributed by atoms with Crippen molar-refractivity contribution in [2.75, 3.05) is 19.6 Å². The van der Waals surface area contributed by atoms with E-state index in [1.54, 1.807) is 24.3 Å². The van der Waals surface area contributed by atoms with Crippen LogP contribution in [0.15, 0.2) is 39.5 Å². The molecule has 21 heavy (non-hydrogen) atoms. The lowest BCUT2D eigenvalue weighted by atomic mass is 10.1. The Morgan fingerprint density at radius 1 is 1.43 bits per heavy atom. The second-order valence-corrected chi connectivity index (χ2v) is 4.83. The second kappa shape index (κ2) is 5.38. The fraction of sp³-hybridized carbons (Fsp3) is 0.267. The number of rotatable bonds is 1. The van der Waals surface area contributed by atoms with Crippen LogP contribution >= 0.6 is 0 Å². The zero-order valence-corrected chi connectivity index (χ0v) is 11.2. The van der Waals surface area contributed by atoms with Gasteiger partial charge in [0.2, 0.25) is 0 Å². The Morgan fingerprint density at radius 2 is 2.24 bits per heavy atom. The predicted molar refractivity (Wildman–Crippen MR) is 75.8 cm³/mol. The van der Waals surface area contributed by atoms with Crippen molar-refractivity contribution in [3.8, 4) is 6.07 Å². The molecule has 6 heteroatoms. The molecule has 0 spiro atoms. The van der Waals surface area contributed by atoms with E-state index in [2.05, 4.69) is 11.4 Å². The maximum Gasteiger partial charge on any atom is 0.349 e. The SMILES string of the molecule is N#CC1CNCCN1C(=O)c1cc2ccccc2oc1=O. The predicted octanol–water partition coefficient (Wildman–Crippen LogP) is 0.731. The van der Waals surface area contributed by atoms with E-state index < -0.39 is 17.6 Å². The molecule has 1 aromatic heterocycles. The number of para-hydroxylation sites is 1. The molecule has 6 nitrogen and oxygen atoms in total. The Balaban J connectivity index is 2.03. The van der Waals surface area contributed by atoms with Gasteiger partial charge in [-0.05, 0) is 12.1 Å². The van der Waals surface area contributed by atoms with Crippen LogP contribution < -0.4 is 10.9 Å². The molecule has 3 rings (SSSR count). The molecule has 0 bridgehead atoms. The second-order valence-electron chi connectivity index (χ2n) is 4.83. The van der Waals surface area contributed by atoms with Gasteiger partial charge in [-0.25, -0.2) is 4.79 Å². The zero-order chi connectivity index (χ0) is 14.8. The van der Waals surface area contributed by atoms with Crippen LogP contribution in [0.1, 0.15) is 10.4 Å².